The maximum atomic E-state index is 14.3. The van der Waals surface area contributed by atoms with Crippen molar-refractivity contribution in [2.24, 2.45) is 0 Å². The summed E-state index contributed by atoms with van der Waals surface area (Å²) in [6.45, 7) is -0.0371. The summed E-state index contributed by atoms with van der Waals surface area (Å²) in [5.74, 6) is -1.84. The lowest BCUT2D eigenvalue weighted by Gasteiger charge is -2.26. The first-order valence-corrected chi connectivity index (χ1v) is 8.90. The number of aromatic nitrogens is 1. The zero-order valence-corrected chi connectivity index (χ0v) is 14.5. The van der Waals surface area contributed by atoms with Gasteiger partial charge in [0.2, 0.25) is 0 Å². The van der Waals surface area contributed by atoms with E-state index in [9.17, 15) is 13.6 Å². The van der Waals surface area contributed by atoms with E-state index >= 15 is 0 Å². The van der Waals surface area contributed by atoms with Gasteiger partial charge in [-0.05, 0) is 37.1 Å². The van der Waals surface area contributed by atoms with Crippen molar-refractivity contribution in [1.29, 1.82) is 0 Å². The number of hydrogen-bond donors (Lipinski definition) is 0. The fraction of sp³-hybridized carbons (Fsp3) is 0.400. The van der Waals surface area contributed by atoms with Gasteiger partial charge < -0.3 is 9.64 Å². The van der Waals surface area contributed by atoms with E-state index in [4.69, 9.17) is 4.74 Å². The molecule has 0 N–H and O–H groups in total. The van der Waals surface area contributed by atoms with Gasteiger partial charge in [0.1, 0.15) is 18.2 Å². The third-order valence-electron chi connectivity index (χ3n) is 4.54. The molecule has 1 aliphatic rings. The van der Waals surface area contributed by atoms with E-state index in [2.05, 4.69) is 4.98 Å². The van der Waals surface area contributed by atoms with Gasteiger partial charge in [0, 0.05) is 12.3 Å². The molecule has 1 aliphatic carbocycles. The van der Waals surface area contributed by atoms with Crippen molar-refractivity contribution in [2.75, 3.05) is 11.5 Å². The number of benzene rings is 1. The second kappa shape index (κ2) is 8.85. The van der Waals surface area contributed by atoms with E-state index in [1.54, 1.807) is 24.4 Å². The smallest absolute Gasteiger partial charge is 0.253 e. The molecule has 1 amide bonds. The Labute approximate surface area is 151 Å². The zero-order chi connectivity index (χ0) is 18.4. The molecule has 1 saturated carbocycles. The molecular formula is C20H22F2N2O2. The summed E-state index contributed by atoms with van der Waals surface area (Å²) in [7, 11) is 0. The molecule has 0 spiro atoms. The first-order valence-electron chi connectivity index (χ1n) is 8.90. The highest BCUT2D eigenvalue weighted by atomic mass is 19.1. The predicted molar refractivity (Wildman–Crippen MR) is 94.6 cm³/mol. The third kappa shape index (κ3) is 4.85. The van der Waals surface area contributed by atoms with Crippen LogP contribution in [0.25, 0.3) is 0 Å². The Bertz CT molecular complexity index is 734. The van der Waals surface area contributed by atoms with Crippen LogP contribution in [-0.2, 0) is 16.1 Å². The van der Waals surface area contributed by atoms with Crippen LogP contribution in [0.3, 0.4) is 0 Å². The molecule has 6 heteroatoms. The van der Waals surface area contributed by atoms with Gasteiger partial charge in [0.25, 0.3) is 5.91 Å². The van der Waals surface area contributed by atoms with E-state index in [1.807, 2.05) is 0 Å². The Kier molecular flexibility index (Phi) is 6.28. The van der Waals surface area contributed by atoms with Gasteiger partial charge in [0.15, 0.2) is 0 Å². The number of carbonyl (C=O) groups is 1. The summed E-state index contributed by atoms with van der Waals surface area (Å²) < 4.78 is 33.3. The van der Waals surface area contributed by atoms with Crippen molar-refractivity contribution in [1.82, 2.24) is 4.98 Å². The van der Waals surface area contributed by atoms with Gasteiger partial charge in [0.05, 0.1) is 24.0 Å². The van der Waals surface area contributed by atoms with Crippen LogP contribution in [0, 0.1) is 11.6 Å². The number of ether oxygens (including phenoxy) is 1. The van der Waals surface area contributed by atoms with Crippen LogP contribution < -0.4 is 4.90 Å². The number of anilines is 1. The lowest BCUT2D eigenvalue weighted by atomic mass is 9.98. The van der Waals surface area contributed by atoms with Crippen LogP contribution >= 0.6 is 0 Å². The van der Waals surface area contributed by atoms with Crippen molar-refractivity contribution >= 4 is 11.6 Å². The molecule has 0 radical (unpaired) electrons. The molecule has 26 heavy (non-hydrogen) atoms. The second-order valence-electron chi connectivity index (χ2n) is 6.47. The average Bonchev–Trinajstić information content (AvgIpc) is 2.66. The van der Waals surface area contributed by atoms with Crippen molar-refractivity contribution in [3.8, 4) is 0 Å². The SMILES string of the molecule is O=C(COC1CCCCC1)N(Cc1ccccn1)c1ccc(F)cc1F. The molecule has 0 saturated heterocycles. The van der Waals surface area contributed by atoms with Crippen LogP contribution in [0.15, 0.2) is 42.6 Å². The van der Waals surface area contributed by atoms with Crippen LogP contribution in [-0.4, -0.2) is 23.6 Å². The first-order chi connectivity index (χ1) is 12.6. The Morgan fingerprint density at radius 3 is 2.65 bits per heavy atom. The van der Waals surface area contributed by atoms with E-state index < -0.39 is 11.6 Å². The zero-order valence-electron chi connectivity index (χ0n) is 14.5. The molecule has 0 atom stereocenters. The number of hydrogen-bond acceptors (Lipinski definition) is 3. The lowest BCUT2D eigenvalue weighted by Crippen LogP contribution is -2.36. The summed E-state index contributed by atoms with van der Waals surface area (Å²) in [6, 6.07) is 8.50. The van der Waals surface area contributed by atoms with E-state index in [0.29, 0.717) is 5.69 Å². The summed E-state index contributed by atoms with van der Waals surface area (Å²) >= 11 is 0. The molecule has 4 nitrogen and oxygen atoms in total. The number of amides is 1. The fourth-order valence-corrected chi connectivity index (χ4v) is 3.16. The van der Waals surface area contributed by atoms with Crippen molar-refractivity contribution < 1.29 is 18.3 Å². The fourth-order valence-electron chi connectivity index (χ4n) is 3.16. The average molecular weight is 360 g/mol. The summed E-state index contributed by atoms with van der Waals surface area (Å²) in [5, 5.41) is 0. The highest BCUT2D eigenvalue weighted by molar-refractivity contribution is 5.94. The van der Waals surface area contributed by atoms with Gasteiger partial charge in [-0.15, -0.1) is 0 Å². The Morgan fingerprint density at radius 2 is 1.96 bits per heavy atom. The molecule has 1 aromatic heterocycles. The minimum atomic E-state index is -0.785. The van der Waals surface area contributed by atoms with E-state index in [-0.39, 0.29) is 30.9 Å². The standard InChI is InChI=1S/C20H22F2N2O2/c21-15-9-10-19(18(22)12-15)24(13-16-6-4-5-11-23-16)20(25)14-26-17-7-2-1-3-8-17/h4-6,9-12,17H,1-3,7-8,13-14H2. The monoisotopic (exact) mass is 360 g/mol. The Hall–Kier alpha value is -2.34. The summed E-state index contributed by atoms with van der Waals surface area (Å²) in [5.41, 5.74) is 0.636. The minimum absolute atomic E-state index is 0.0225. The van der Waals surface area contributed by atoms with Crippen molar-refractivity contribution in [3.63, 3.8) is 0 Å². The van der Waals surface area contributed by atoms with Gasteiger partial charge in [-0.3, -0.25) is 9.78 Å². The third-order valence-corrected chi connectivity index (χ3v) is 4.54. The number of pyridine rings is 1. The molecule has 0 unspecified atom stereocenters. The first kappa shape index (κ1) is 18.5. The quantitative estimate of drug-likeness (QED) is 0.774. The number of halogens is 2. The molecule has 138 valence electrons. The molecular weight excluding hydrogens is 338 g/mol. The molecule has 1 aromatic carbocycles. The van der Waals surface area contributed by atoms with Gasteiger partial charge in [-0.25, -0.2) is 8.78 Å². The van der Waals surface area contributed by atoms with Crippen molar-refractivity contribution in [3.05, 3.63) is 59.9 Å². The maximum absolute atomic E-state index is 14.3. The highest BCUT2D eigenvalue weighted by Gasteiger charge is 2.23. The van der Waals surface area contributed by atoms with Crippen LogP contribution in [0.4, 0.5) is 14.5 Å². The summed E-state index contributed by atoms with van der Waals surface area (Å²) in [4.78, 5) is 18.2. The van der Waals surface area contributed by atoms with Crippen LogP contribution in [0.2, 0.25) is 0 Å². The Balaban J connectivity index is 1.76. The van der Waals surface area contributed by atoms with E-state index in [1.165, 1.54) is 17.4 Å². The molecule has 1 heterocycles. The number of carbonyl (C=O) groups excluding carboxylic acids is 1. The van der Waals surface area contributed by atoms with Crippen LogP contribution in [0.5, 0.6) is 0 Å². The molecule has 2 aromatic rings. The molecule has 3 rings (SSSR count). The maximum Gasteiger partial charge on any atom is 0.253 e. The highest BCUT2D eigenvalue weighted by Crippen LogP contribution is 2.24. The van der Waals surface area contributed by atoms with Crippen LogP contribution in [0.1, 0.15) is 37.8 Å². The van der Waals surface area contributed by atoms with E-state index in [0.717, 1.165) is 37.8 Å². The number of rotatable bonds is 6. The molecule has 0 bridgehead atoms. The van der Waals surface area contributed by atoms with Crippen molar-refractivity contribution in [2.45, 2.75) is 44.8 Å². The predicted octanol–water partition coefficient (Wildman–Crippen LogP) is 4.24. The lowest BCUT2D eigenvalue weighted by molar-refractivity contribution is -0.125. The largest absolute Gasteiger partial charge is 0.368 e. The molecule has 1 fully saturated rings. The Morgan fingerprint density at radius 1 is 1.15 bits per heavy atom. The van der Waals surface area contributed by atoms with Gasteiger partial charge in [-0.2, -0.15) is 0 Å². The van der Waals surface area contributed by atoms with Gasteiger partial charge >= 0.3 is 0 Å². The normalized spacial score (nSPS) is 15.0. The summed E-state index contributed by atoms with van der Waals surface area (Å²) in [6.07, 6.45) is 6.96. The second-order valence-corrected chi connectivity index (χ2v) is 6.47. The molecule has 0 aliphatic heterocycles. The number of nitrogens with zero attached hydrogens (tertiary/aromatic N) is 2. The van der Waals surface area contributed by atoms with Gasteiger partial charge in [-0.1, -0.05) is 25.3 Å². The topological polar surface area (TPSA) is 42.4 Å². The minimum Gasteiger partial charge on any atom is -0.368 e.